The Morgan fingerprint density at radius 1 is 1.47 bits per heavy atom. The average Bonchev–Trinajstić information content (AvgIpc) is 2.34. The van der Waals surface area contributed by atoms with Crippen molar-refractivity contribution in [2.45, 2.75) is 59.1 Å². The number of hydrogen-bond donors (Lipinski definition) is 1. The van der Waals surface area contributed by atoms with Gasteiger partial charge in [0.05, 0.1) is 0 Å². The van der Waals surface area contributed by atoms with E-state index >= 15 is 0 Å². The predicted molar refractivity (Wildman–Crippen MR) is 75.7 cm³/mol. The molecule has 4 heteroatoms. The SMILES string of the molecule is CCOC(c1ncc2c(n1)CCCC2N)C(C)(C)C. The van der Waals surface area contributed by atoms with Crippen LogP contribution in [0.25, 0.3) is 0 Å². The minimum atomic E-state index is -0.0686. The summed E-state index contributed by atoms with van der Waals surface area (Å²) in [5.74, 6) is 0.794. The van der Waals surface area contributed by atoms with Crippen LogP contribution < -0.4 is 5.73 Å². The first kappa shape index (κ1) is 14.4. The van der Waals surface area contributed by atoms with Gasteiger partial charge in [0, 0.05) is 30.1 Å². The lowest BCUT2D eigenvalue weighted by Crippen LogP contribution is -2.26. The molecule has 19 heavy (non-hydrogen) atoms. The van der Waals surface area contributed by atoms with Crippen LogP contribution in [0.15, 0.2) is 6.20 Å². The third kappa shape index (κ3) is 3.12. The lowest BCUT2D eigenvalue weighted by Gasteiger charge is -2.30. The van der Waals surface area contributed by atoms with Gasteiger partial charge in [-0.25, -0.2) is 9.97 Å². The molecule has 0 saturated heterocycles. The quantitative estimate of drug-likeness (QED) is 0.910. The highest BCUT2D eigenvalue weighted by Gasteiger charge is 2.30. The third-order valence-corrected chi connectivity index (χ3v) is 3.60. The lowest BCUT2D eigenvalue weighted by molar-refractivity contribution is -0.0193. The fraction of sp³-hybridized carbons (Fsp3) is 0.733. The third-order valence-electron chi connectivity index (χ3n) is 3.60. The highest BCUT2D eigenvalue weighted by atomic mass is 16.5. The molecule has 0 fully saturated rings. The van der Waals surface area contributed by atoms with Gasteiger partial charge in [-0.1, -0.05) is 20.8 Å². The van der Waals surface area contributed by atoms with Crippen molar-refractivity contribution < 1.29 is 4.74 Å². The number of nitrogens with zero attached hydrogens (tertiary/aromatic N) is 2. The van der Waals surface area contributed by atoms with Crippen LogP contribution in [0.5, 0.6) is 0 Å². The van der Waals surface area contributed by atoms with Crippen molar-refractivity contribution in [1.29, 1.82) is 0 Å². The molecule has 2 rings (SSSR count). The molecule has 2 unspecified atom stereocenters. The van der Waals surface area contributed by atoms with Crippen LogP contribution in [-0.2, 0) is 11.2 Å². The highest BCUT2D eigenvalue weighted by Crippen LogP contribution is 2.35. The van der Waals surface area contributed by atoms with E-state index in [-0.39, 0.29) is 17.6 Å². The second kappa shape index (κ2) is 5.55. The zero-order valence-corrected chi connectivity index (χ0v) is 12.4. The van der Waals surface area contributed by atoms with Crippen molar-refractivity contribution >= 4 is 0 Å². The van der Waals surface area contributed by atoms with Crippen LogP contribution in [0.1, 0.15) is 69.8 Å². The number of aryl methyl sites for hydroxylation is 1. The first-order chi connectivity index (χ1) is 8.93. The molecule has 0 aromatic carbocycles. The van der Waals surface area contributed by atoms with Crippen LogP contribution in [0.4, 0.5) is 0 Å². The van der Waals surface area contributed by atoms with Gasteiger partial charge in [-0.05, 0) is 31.6 Å². The van der Waals surface area contributed by atoms with Crippen molar-refractivity contribution in [2.24, 2.45) is 11.1 Å². The van der Waals surface area contributed by atoms with Gasteiger partial charge in [0.1, 0.15) is 6.10 Å². The minimum Gasteiger partial charge on any atom is -0.370 e. The number of aromatic nitrogens is 2. The Labute approximate surface area is 115 Å². The maximum atomic E-state index is 6.11. The largest absolute Gasteiger partial charge is 0.370 e. The predicted octanol–water partition coefficient (Wildman–Crippen LogP) is 2.94. The van der Waals surface area contributed by atoms with Crippen molar-refractivity contribution in [1.82, 2.24) is 9.97 Å². The summed E-state index contributed by atoms with van der Waals surface area (Å²) in [4.78, 5) is 9.24. The summed E-state index contributed by atoms with van der Waals surface area (Å²) >= 11 is 0. The molecule has 106 valence electrons. The Bertz CT molecular complexity index is 440. The molecule has 0 amide bonds. The van der Waals surface area contributed by atoms with Crippen LogP contribution in [0, 0.1) is 5.41 Å². The zero-order chi connectivity index (χ0) is 14.0. The number of hydrogen-bond acceptors (Lipinski definition) is 4. The number of nitrogens with two attached hydrogens (primary N) is 1. The van der Waals surface area contributed by atoms with Crippen LogP contribution in [0.3, 0.4) is 0 Å². The Morgan fingerprint density at radius 2 is 2.21 bits per heavy atom. The monoisotopic (exact) mass is 263 g/mol. The molecule has 0 saturated carbocycles. The molecule has 1 aliphatic rings. The van der Waals surface area contributed by atoms with Crippen LogP contribution in [0.2, 0.25) is 0 Å². The van der Waals surface area contributed by atoms with Crippen LogP contribution in [-0.4, -0.2) is 16.6 Å². The van der Waals surface area contributed by atoms with Crippen molar-refractivity contribution in [2.75, 3.05) is 6.61 Å². The maximum absolute atomic E-state index is 6.11. The fourth-order valence-electron chi connectivity index (χ4n) is 2.60. The Balaban J connectivity index is 2.34. The van der Waals surface area contributed by atoms with E-state index in [4.69, 9.17) is 15.5 Å². The fourth-order valence-corrected chi connectivity index (χ4v) is 2.60. The number of ether oxygens (including phenoxy) is 1. The first-order valence-electron chi connectivity index (χ1n) is 7.16. The van der Waals surface area contributed by atoms with Gasteiger partial charge in [0.25, 0.3) is 0 Å². The highest BCUT2D eigenvalue weighted by molar-refractivity contribution is 5.24. The summed E-state index contributed by atoms with van der Waals surface area (Å²) < 4.78 is 5.85. The van der Waals surface area contributed by atoms with Gasteiger partial charge >= 0.3 is 0 Å². The number of fused-ring (bicyclic) bond motifs is 1. The Hall–Kier alpha value is -1.00. The van der Waals surface area contributed by atoms with E-state index in [0.717, 1.165) is 36.3 Å². The molecule has 2 atom stereocenters. The molecular formula is C15H25N3O. The van der Waals surface area contributed by atoms with E-state index in [2.05, 4.69) is 25.8 Å². The molecule has 1 aromatic rings. The van der Waals surface area contributed by atoms with Crippen molar-refractivity contribution in [3.63, 3.8) is 0 Å². The molecule has 0 radical (unpaired) electrons. The van der Waals surface area contributed by atoms with Gasteiger partial charge in [-0.3, -0.25) is 0 Å². The minimum absolute atomic E-state index is 0.0129. The molecule has 1 heterocycles. The second-order valence-electron chi connectivity index (χ2n) is 6.33. The van der Waals surface area contributed by atoms with E-state index in [9.17, 15) is 0 Å². The Morgan fingerprint density at radius 3 is 2.84 bits per heavy atom. The van der Waals surface area contributed by atoms with Crippen molar-refractivity contribution in [3.8, 4) is 0 Å². The normalized spacial score (nSPS) is 21.0. The smallest absolute Gasteiger partial charge is 0.157 e. The topological polar surface area (TPSA) is 61.0 Å². The molecular weight excluding hydrogens is 238 g/mol. The summed E-state index contributed by atoms with van der Waals surface area (Å²) in [6.07, 6.45) is 4.98. The summed E-state index contributed by atoms with van der Waals surface area (Å²) in [5.41, 5.74) is 8.31. The first-order valence-corrected chi connectivity index (χ1v) is 7.16. The molecule has 0 spiro atoms. The standard InChI is InChI=1S/C15H25N3O/c1-5-19-13(15(2,3)4)14-17-9-10-11(16)7-6-8-12(10)18-14/h9,11,13H,5-8,16H2,1-4H3. The van der Waals surface area contributed by atoms with E-state index in [1.807, 2.05) is 13.1 Å². The summed E-state index contributed by atoms with van der Waals surface area (Å²) in [6.45, 7) is 9.14. The van der Waals surface area contributed by atoms with Gasteiger partial charge < -0.3 is 10.5 Å². The summed E-state index contributed by atoms with van der Waals surface area (Å²) in [5, 5.41) is 0. The van der Waals surface area contributed by atoms with Gasteiger partial charge in [-0.15, -0.1) is 0 Å². The van der Waals surface area contributed by atoms with E-state index in [1.54, 1.807) is 0 Å². The second-order valence-corrected chi connectivity index (χ2v) is 6.33. The van der Waals surface area contributed by atoms with Crippen LogP contribution >= 0.6 is 0 Å². The van der Waals surface area contributed by atoms with E-state index in [0.29, 0.717) is 6.61 Å². The summed E-state index contributed by atoms with van der Waals surface area (Å²) in [6, 6.07) is 0.0954. The zero-order valence-electron chi connectivity index (χ0n) is 12.4. The summed E-state index contributed by atoms with van der Waals surface area (Å²) in [7, 11) is 0. The molecule has 4 nitrogen and oxygen atoms in total. The molecule has 1 aromatic heterocycles. The molecule has 2 N–H and O–H groups in total. The Kier molecular flexibility index (Phi) is 4.21. The van der Waals surface area contributed by atoms with E-state index in [1.165, 1.54) is 0 Å². The maximum Gasteiger partial charge on any atom is 0.157 e. The molecule has 1 aliphatic carbocycles. The average molecular weight is 263 g/mol. The van der Waals surface area contributed by atoms with Crippen molar-refractivity contribution in [3.05, 3.63) is 23.3 Å². The number of rotatable bonds is 3. The molecule has 0 bridgehead atoms. The van der Waals surface area contributed by atoms with E-state index < -0.39 is 0 Å². The lowest BCUT2D eigenvalue weighted by atomic mass is 9.87. The van der Waals surface area contributed by atoms with Gasteiger partial charge in [0.15, 0.2) is 5.82 Å². The van der Waals surface area contributed by atoms with Gasteiger partial charge in [0.2, 0.25) is 0 Å². The van der Waals surface area contributed by atoms with Gasteiger partial charge in [-0.2, -0.15) is 0 Å². The molecule has 0 aliphatic heterocycles.